The molecule has 17 heavy (non-hydrogen) atoms. The molecule has 1 aliphatic heterocycles. The van der Waals surface area contributed by atoms with Gasteiger partial charge >= 0.3 is 0 Å². The molecule has 2 unspecified atom stereocenters. The van der Waals surface area contributed by atoms with Crippen LogP contribution in [0.15, 0.2) is 18.2 Å². The standard InChI is InChI=1S/C13H18Cl2N2/c1-2-17-7-6-9(8-16)13(17)12-10(14)4-3-5-11(12)15/h3-5,9,13H,2,6-8,16H2,1H3. The average molecular weight is 273 g/mol. The van der Waals surface area contributed by atoms with Crippen molar-refractivity contribution in [3.05, 3.63) is 33.8 Å². The Morgan fingerprint density at radius 1 is 1.35 bits per heavy atom. The van der Waals surface area contributed by atoms with E-state index in [2.05, 4.69) is 11.8 Å². The molecule has 2 nitrogen and oxygen atoms in total. The molecule has 1 heterocycles. The van der Waals surface area contributed by atoms with E-state index in [9.17, 15) is 0 Å². The SMILES string of the molecule is CCN1CCC(CN)C1c1c(Cl)cccc1Cl. The van der Waals surface area contributed by atoms with Gasteiger partial charge < -0.3 is 5.73 Å². The molecule has 1 aromatic rings. The van der Waals surface area contributed by atoms with E-state index in [0.717, 1.165) is 35.1 Å². The van der Waals surface area contributed by atoms with Crippen molar-refractivity contribution in [3.63, 3.8) is 0 Å². The number of hydrogen-bond donors (Lipinski definition) is 1. The van der Waals surface area contributed by atoms with Gasteiger partial charge in [0.05, 0.1) is 0 Å². The van der Waals surface area contributed by atoms with Gasteiger partial charge in [0.2, 0.25) is 0 Å². The number of likely N-dealkylation sites (tertiary alicyclic amines) is 1. The molecule has 1 aromatic carbocycles. The van der Waals surface area contributed by atoms with Crippen molar-refractivity contribution in [1.29, 1.82) is 0 Å². The van der Waals surface area contributed by atoms with Crippen LogP contribution in [0.1, 0.15) is 24.9 Å². The lowest BCUT2D eigenvalue weighted by Crippen LogP contribution is -2.28. The van der Waals surface area contributed by atoms with E-state index in [1.54, 1.807) is 0 Å². The minimum Gasteiger partial charge on any atom is -0.330 e. The topological polar surface area (TPSA) is 29.3 Å². The van der Waals surface area contributed by atoms with E-state index in [4.69, 9.17) is 28.9 Å². The van der Waals surface area contributed by atoms with Crippen LogP contribution in [-0.4, -0.2) is 24.5 Å². The van der Waals surface area contributed by atoms with Crippen LogP contribution in [0.4, 0.5) is 0 Å². The van der Waals surface area contributed by atoms with Gasteiger partial charge in [-0.1, -0.05) is 36.2 Å². The minimum atomic E-state index is 0.270. The maximum Gasteiger partial charge on any atom is 0.0468 e. The highest BCUT2D eigenvalue weighted by Gasteiger charge is 2.35. The Hall–Kier alpha value is -0.280. The van der Waals surface area contributed by atoms with E-state index >= 15 is 0 Å². The van der Waals surface area contributed by atoms with Gasteiger partial charge in [-0.05, 0) is 44.1 Å². The lowest BCUT2D eigenvalue weighted by molar-refractivity contribution is 0.242. The number of hydrogen-bond acceptors (Lipinski definition) is 2. The van der Waals surface area contributed by atoms with Gasteiger partial charge in [0, 0.05) is 21.7 Å². The minimum absolute atomic E-state index is 0.270. The highest BCUT2D eigenvalue weighted by molar-refractivity contribution is 6.36. The summed E-state index contributed by atoms with van der Waals surface area (Å²) in [4.78, 5) is 2.41. The maximum absolute atomic E-state index is 6.30. The molecule has 2 atom stereocenters. The molecule has 1 aliphatic rings. The fraction of sp³-hybridized carbons (Fsp3) is 0.538. The van der Waals surface area contributed by atoms with Gasteiger partial charge in [-0.2, -0.15) is 0 Å². The first-order valence-electron chi connectivity index (χ1n) is 6.07. The first kappa shape index (κ1) is 13.2. The van der Waals surface area contributed by atoms with E-state index in [0.29, 0.717) is 12.5 Å². The molecule has 2 N–H and O–H groups in total. The molecule has 2 rings (SSSR count). The van der Waals surface area contributed by atoms with Gasteiger partial charge in [0.1, 0.15) is 0 Å². The van der Waals surface area contributed by atoms with Crippen molar-refractivity contribution in [2.45, 2.75) is 19.4 Å². The third-order valence-corrected chi connectivity index (χ3v) is 4.29. The molecule has 94 valence electrons. The largest absolute Gasteiger partial charge is 0.330 e. The molecular weight excluding hydrogens is 255 g/mol. The Morgan fingerprint density at radius 2 is 2.00 bits per heavy atom. The Kier molecular flexibility index (Phi) is 4.31. The van der Waals surface area contributed by atoms with Crippen LogP contribution in [0.2, 0.25) is 10.0 Å². The van der Waals surface area contributed by atoms with Crippen LogP contribution in [0.3, 0.4) is 0 Å². The predicted molar refractivity (Wildman–Crippen MR) is 73.6 cm³/mol. The summed E-state index contributed by atoms with van der Waals surface area (Å²) in [5.74, 6) is 0.451. The third kappa shape index (κ3) is 2.45. The molecule has 0 radical (unpaired) electrons. The molecule has 0 aliphatic carbocycles. The van der Waals surface area contributed by atoms with Crippen molar-refractivity contribution in [3.8, 4) is 0 Å². The Labute approximate surface area is 113 Å². The lowest BCUT2D eigenvalue weighted by atomic mass is 9.93. The maximum atomic E-state index is 6.30. The highest BCUT2D eigenvalue weighted by atomic mass is 35.5. The van der Waals surface area contributed by atoms with E-state index < -0.39 is 0 Å². The molecule has 0 amide bonds. The number of halogens is 2. The normalized spacial score (nSPS) is 25.4. The number of nitrogens with zero attached hydrogens (tertiary/aromatic N) is 1. The van der Waals surface area contributed by atoms with Crippen LogP contribution >= 0.6 is 23.2 Å². The monoisotopic (exact) mass is 272 g/mol. The summed E-state index contributed by atoms with van der Waals surface area (Å²) in [5.41, 5.74) is 6.91. The molecule has 0 bridgehead atoms. The smallest absolute Gasteiger partial charge is 0.0468 e. The van der Waals surface area contributed by atoms with Crippen molar-refractivity contribution in [1.82, 2.24) is 4.90 Å². The van der Waals surface area contributed by atoms with Gasteiger partial charge in [-0.15, -0.1) is 0 Å². The van der Waals surface area contributed by atoms with Crippen LogP contribution in [0, 0.1) is 5.92 Å². The molecule has 0 saturated carbocycles. The zero-order valence-electron chi connectivity index (χ0n) is 10.00. The number of nitrogens with two attached hydrogens (primary N) is 1. The molecule has 1 saturated heterocycles. The Bertz CT molecular complexity index is 363. The van der Waals surface area contributed by atoms with Crippen molar-refractivity contribution in [2.75, 3.05) is 19.6 Å². The second kappa shape index (κ2) is 5.57. The van der Waals surface area contributed by atoms with Gasteiger partial charge in [-0.3, -0.25) is 4.90 Å². The second-order valence-electron chi connectivity index (χ2n) is 4.49. The molecule has 0 aromatic heterocycles. The van der Waals surface area contributed by atoms with E-state index in [-0.39, 0.29) is 6.04 Å². The number of benzene rings is 1. The lowest BCUT2D eigenvalue weighted by Gasteiger charge is -2.28. The summed E-state index contributed by atoms with van der Waals surface area (Å²) < 4.78 is 0. The Morgan fingerprint density at radius 3 is 2.53 bits per heavy atom. The first-order chi connectivity index (χ1) is 8.19. The quantitative estimate of drug-likeness (QED) is 0.915. The van der Waals surface area contributed by atoms with Gasteiger partial charge in [0.15, 0.2) is 0 Å². The van der Waals surface area contributed by atoms with Crippen LogP contribution in [-0.2, 0) is 0 Å². The molecular formula is C13H18Cl2N2. The Balaban J connectivity index is 2.41. The summed E-state index contributed by atoms with van der Waals surface area (Å²) in [6, 6.07) is 5.97. The second-order valence-corrected chi connectivity index (χ2v) is 5.31. The van der Waals surface area contributed by atoms with Crippen molar-refractivity contribution < 1.29 is 0 Å². The summed E-state index contributed by atoms with van der Waals surface area (Å²) in [5, 5.41) is 1.50. The van der Waals surface area contributed by atoms with Crippen molar-refractivity contribution >= 4 is 23.2 Å². The first-order valence-corrected chi connectivity index (χ1v) is 6.82. The molecule has 0 spiro atoms. The van der Waals surface area contributed by atoms with Crippen LogP contribution in [0.25, 0.3) is 0 Å². The molecule has 1 fully saturated rings. The fourth-order valence-corrected chi connectivity index (χ4v) is 3.36. The summed E-state index contributed by atoms with van der Waals surface area (Å²) in [6.07, 6.45) is 1.12. The number of rotatable bonds is 3. The average Bonchev–Trinajstić information content (AvgIpc) is 2.72. The summed E-state index contributed by atoms with van der Waals surface area (Å²) in [6.45, 7) is 4.92. The summed E-state index contributed by atoms with van der Waals surface area (Å²) in [7, 11) is 0. The summed E-state index contributed by atoms with van der Waals surface area (Å²) >= 11 is 12.6. The zero-order valence-corrected chi connectivity index (χ0v) is 11.5. The van der Waals surface area contributed by atoms with Crippen LogP contribution in [0.5, 0.6) is 0 Å². The van der Waals surface area contributed by atoms with Crippen LogP contribution < -0.4 is 5.73 Å². The van der Waals surface area contributed by atoms with E-state index in [1.807, 2.05) is 18.2 Å². The fourth-order valence-electron chi connectivity index (χ4n) is 2.74. The molecule has 4 heteroatoms. The van der Waals surface area contributed by atoms with Gasteiger partial charge in [0.25, 0.3) is 0 Å². The zero-order chi connectivity index (χ0) is 12.4. The van der Waals surface area contributed by atoms with E-state index in [1.165, 1.54) is 0 Å². The van der Waals surface area contributed by atoms with Gasteiger partial charge in [-0.25, -0.2) is 0 Å². The third-order valence-electron chi connectivity index (χ3n) is 3.63. The highest BCUT2D eigenvalue weighted by Crippen LogP contribution is 2.42. The van der Waals surface area contributed by atoms with Crippen molar-refractivity contribution in [2.24, 2.45) is 11.7 Å². The predicted octanol–water partition coefficient (Wildman–Crippen LogP) is 3.34.